The molecule has 0 fully saturated rings. The van der Waals surface area contributed by atoms with Crippen LogP contribution in [0.25, 0.3) is 0 Å². The van der Waals surface area contributed by atoms with Gasteiger partial charge in [-0.15, -0.1) is 0 Å². The van der Waals surface area contributed by atoms with Crippen molar-refractivity contribution >= 4 is 5.97 Å². The number of alkyl halides is 2. The van der Waals surface area contributed by atoms with Gasteiger partial charge in [-0.25, -0.2) is 8.78 Å². The smallest absolute Gasteiger partial charge is 0.310 e. The van der Waals surface area contributed by atoms with Crippen molar-refractivity contribution in [2.24, 2.45) is 0 Å². The van der Waals surface area contributed by atoms with Crippen molar-refractivity contribution in [3.8, 4) is 5.75 Å². The Hall–Kier alpha value is -1.72. The lowest BCUT2D eigenvalue weighted by atomic mass is 10.1. The average Bonchev–Trinajstić information content (AvgIpc) is 2.28. The molecule has 0 amide bonds. The third-order valence-electron chi connectivity index (χ3n) is 2.02. The number of hydrogen-bond acceptors (Lipinski definition) is 4. The number of nitrogens with zero attached hydrogens (tertiary/aromatic N) is 1. The molecule has 16 heavy (non-hydrogen) atoms. The fourth-order valence-electron chi connectivity index (χ4n) is 1.26. The molecule has 0 bridgehead atoms. The highest BCUT2D eigenvalue weighted by molar-refractivity contribution is 5.73. The van der Waals surface area contributed by atoms with E-state index < -0.39 is 18.1 Å². The van der Waals surface area contributed by atoms with Gasteiger partial charge in [0.1, 0.15) is 11.4 Å². The van der Waals surface area contributed by atoms with E-state index in [1.54, 1.807) is 0 Å². The molecule has 1 aromatic heterocycles. The number of pyridine rings is 1. The largest absolute Gasteiger partial charge is 0.496 e. The molecule has 0 spiro atoms. The van der Waals surface area contributed by atoms with Gasteiger partial charge in [-0.2, -0.15) is 0 Å². The lowest BCUT2D eigenvalue weighted by Gasteiger charge is -2.11. The minimum Gasteiger partial charge on any atom is -0.496 e. The lowest BCUT2D eigenvalue weighted by molar-refractivity contribution is -0.139. The van der Waals surface area contributed by atoms with E-state index in [9.17, 15) is 13.6 Å². The van der Waals surface area contributed by atoms with Crippen LogP contribution in [0.2, 0.25) is 0 Å². The van der Waals surface area contributed by atoms with Crippen LogP contribution in [0, 0.1) is 0 Å². The molecule has 1 heterocycles. The topological polar surface area (TPSA) is 48.4 Å². The molecular formula is C10H11F2NO3. The highest BCUT2D eigenvalue weighted by Crippen LogP contribution is 2.28. The molecule has 0 aliphatic rings. The number of carbonyl (C=O) groups excluding carboxylic acids is 1. The SMILES string of the molecule is COC(=O)Cc1c(OC)ccnc1C(F)F. The molecule has 1 aromatic rings. The van der Waals surface area contributed by atoms with Crippen LogP contribution in [0.3, 0.4) is 0 Å². The van der Waals surface area contributed by atoms with E-state index in [1.807, 2.05) is 0 Å². The maximum absolute atomic E-state index is 12.6. The summed E-state index contributed by atoms with van der Waals surface area (Å²) in [6, 6.07) is 1.42. The maximum Gasteiger partial charge on any atom is 0.310 e. The summed E-state index contributed by atoms with van der Waals surface area (Å²) >= 11 is 0. The van der Waals surface area contributed by atoms with Gasteiger partial charge in [-0.3, -0.25) is 9.78 Å². The molecule has 0 saturated heterocycles. The van der Waals surface area contributed by atoms with Gasteiger partial charge < -0.3 is 9.47 Å². The Morgan fingerprint density at radius 3 is 2.69 bits per heavy atom. The molecule has 0 saturated carbocycles. The minimum absolute atomic E-state index is 0.0619. The summed E-state index contributed by atoms with van der Waals surface area (Å²) in [6.07, 6.45) is -1.83. The van der Waals surface area contributed by atoms with Crippen molar-refractivity contribution in [3.63, 3.8) is 0 Å². The number of esters is 1. The van der Waals surface area contributed by atoms with Gasteiger partial charge in [-0.1, -0.05) is 0 Å². The predicted molar refractivity (Wildman–Crippen MR) is 51.5 cm³/mol. The fraction of sp³-hybridized carbons (Fsp3) is 0.400. The van der Waals surface area contributed by atoms with Crippen LogP contribution in [-0.2, 0) is 16.0 Å². The van der Waals surface area contributed by atoms with E-state index in [0.29, 0.717) is 0 Å². The number of halogens is 2. The Morgan fingerprint density at radius 1 is 1.50 bits per heavy atom. The van der Waals surface area contributed by atoms with Gasteiger partial charge in [0, 0.05) is 11.8 Å². The molecule has 6 heteroatoms. The molecular weight excluding hydrogens is 220 g/mol. The molecule has 4 nitrogen and oxygen atoms in total. The zero-order valence-corrected chi connectivity index (χ0v) is 8.87. The van der Waals surface area contributed by atoms with Crippen LogP contribution in [0.1, 0.15) is 17.7 Å². The first kappa shape index (κ1) is 12.4. The van der Waals surface area contributed by atoms with Crippen LogP contribution in [0.4, 0.5) is 8.78 Å². The van der Waals surface area contributed by atoms with E-state index in [4.69, 9.17) is 4.74 Å². The molecule has 0 aliphatic carbocycles. The summed E-state index contributed by atoms with van der Waals surface area (Å²) < 4.78 is 34.6. The molecule has 1 rings (SSSR count). The average molecular weight is 231 g/mol. The molecule has 0 aromatic carbocycles. The number of rotatable bonds is 4. The highest BCUT2D eigenvalue weighted by Gasteiger charge is 2.20. The van der Waals surface area contributed by atoms with Crippen molar-refractivity contribution in [3.05, 3.63) is 23.5 Å². The fourth-order valence-corrected chi connectivity index (χ4v) is 1.26. The molecule has 0 radical (unpaired) electrons. The summed E-state index contributed by atoms with van der Waals surface area (Å²) in [5, 5.41) is 0. The van der Waals surface area contributed by atoms with Crippen molar-refractivity contribution < 1.29 is 23.0 Å². The maximum atomic E-state index is 12.6. The van der Waals surface area contributed by atoms with Gasteiger partial charge in [0.15, 0.2) is 0 Å². The monoisotopic (exact) mass is 231 g/mol. The van der Waals surface area contributed by atoms with E-state index in [1.165, 1.54) is 26.5 Å². The van der Waals surface area contributed by atoms with E-state index in [2.05, 4.69) is 9.72 Å². The van der Waals surface area contributed by atoms with Crippen molar-refractivity contribution in [2.75, 3.05) is 14.2 Å². The Bertz CT molecular complexity index is 382. The normalized spacial score (nSPS) is 10.3. The van der Waals surface area contributed by atoms with E-state index >= 15 is 0 Å². The lowest BCUT2D eigenvalue weighted by Crippen LogP contribution is -2.10. The van der Waals surface area contributed by atoms with Gasteiger partial charge in [0.2, 0.25) is 0 Å². The summed E-state index contributed by atoms with van der Waals surface area (Å²) in [5.74, 6) is -0.413. The van der Waals surface area contributed by atoms with E-state index in [-0.39, 0.29) is 17.7 Å². The summed E-state index contributed by atoms with van der Waals surface area (Å²) in [5.41, 5.74) is -0.392. The number of ether oxygens (including phenoxy) is 2. The molecule has 88 valence electrons. The first-order valence-corrected chi connectivity index (χ1v) is 4.46. The van der Waals surface area contributed by atoms with Crippen LogP contribution in [0.5, 0.6) is 5.75 Å². The van der Waals surface area contributed by atoms with Crippen LogP contribution in [0.15, 0.2) is 12.3 Å². The number of carbonyl (C=O) groups is 1. The molecule has 0 N–H and O–H groups in total. The second-order valence-electron chi connectivity index (χ2n) is 2.93. The second kappa shape index (κ2) is 5.39. The molecule has 0 atom stereocenters. The summed E-state index contributed by atoms with van der Waals surface area (Å²) in [6.45, 7) is 0. The zero-order valence-electron chi connectivity index (χ0n) is 8.87. The van der Waals surface area contributed by atoms with Gasteiger partial charge in [-0.05, 0) is 6.07 Å². The van der Waals surface area contributed by atoms with Gasteiger partial charge in [0.25, 0.3) is 6.43 Å². The van der Waals surface area contributed by atoms with Crippen LogP contribution in [-0.4, -0.2) is 25.2 Å². The number of methoxy groups -OCH3 is 2. The Labute approximate surface area is 91.2 Å². The molecule has 0 unspecified atom stereocenters. The Morgan fingerprint density at radius 2 is 2.19 bits per heavy atom. The van der Waals surface area contributed by atoms with E-state index in [0.717, 1.165) is 0 Å². The first-order valence-electron chi connectivity index (χ1n) is 4.46. The van der Waals surface area contributed by atoms with Gasteiger partial charge >= 0.3 is 5.97 Å². The summed E-state index contributed by atoms with van der Waals surface area (Å²) in [4.78, 5) is 14.6. The minimum atomic E-state index is -2.75. The van der Waals surface area contributed by atoms with Gasteiger partial charge in [0.05, 0.1) is 20.6 Å². The third kappa shape index (κ3) is 2.65. The van der Waals surface area contributed by atoms with Crippen LogP contribution >= 0.6 is 0 Å². The summed E-state index contributed by atoms with van der Waals surface area (Å²) in [7, 11) is 2.53. The Balaban J connectivity index is 3.14. The highest BCUT2D eigenvalue weighted by atomic mass is 19.3. The van der Waals surface area contributed by atoms with Crippen molar-refractivity contribution in [2.45, 2.75) is 12.8 Å². The third-order valence-corrected chi connectivity index (χ3v) is 2.02. The standard InChI is InChI=1S/C10H11F2NO3/c1-15-7-3-4-13-9(10(11)12)6(7)5-8(14)16-2/h3-4,10H,5H2,1-2H3. The number of aromatic nitrogens is 1. The first-order chi connectivity index (χ1) is 7.60. The molecule has 0 aliphatic heterocycles. The second-order valence-corrected chi connectivity index (χ2v) is 2.93. The zero-order chi connectivity index (χ0) is 12.1. The van der Waals surface area contributed by atoms with Crippen LogP contribution < -0.4 is 4.74 Å². The van der Waals surface area contributed by atoms with Crippen molar-refractivity contribution in [1.82, 2.24) is 4.98 Å². The predicted octanol–water partition coefficient (Wildman–Crippen LogP) is 1.74. The quantitative estimate of drug-likeness (QED) is 0.740. The number of hydrogen-bond donors (Lipinski definition) is 0. The van der Waals surface area contributed by atoms with Crippen molar-refractivity contribution in [1.29, 1.82) is 0 Å². The Kier molecular flexibility index (Phi) is 4.16.